The highest BCUT2D eigenvalue weighted by Gasteiger charge is 2.22. The van der Waals surface area contributed by atoms with Gasteiger partial charge in [-0.3, -0.25) is 10.1 Å². The first-order chi connectivity index (χ1) is 7.25. The van der Waals surface area contributed by atoms with E-state index in [9.17, 15) is 4.79 Å². The molecule has 0 radical (unpaired) electrons. The van der Waals surface area contributed by atoms with Crippen LogP contribution in [-0.4, -0.2) is 28.8 Å². The first kappa shape index (κ1) is 10.3. The van der Waals surface area contributed by atoms with Crippen LogP contribution in [0, 0.1) is 0 Å². The van der Waals surface area contributed by atoms with Crippen LogP contribution in [0.2, 0.25) is 0 Å². The molecule has 15 heavy (non-hydrogen) atoms. The van der Waals surface area contributed by atoms with Crippen LogP contribution in [-0.2, 0) is 9.53 Å². The summed E-state index contributed by atoms with van der Waals surface area (Å²) in [4.78, 5) is 11.6. The molecule has 2 rings (SSSR count). The predicted octanol–water partition coefficient (Wildman–Crippen LogP) is 0.628. The van der Waals surface area contributed by atoms with Crippen LogP contribution >= 0.6 is 11.3 Å². The maximum atomic E-state index is 11.6. The first-order valence-electron chi connectivity index (χ1n) is 4.77. The second-order valence-corrected chi connectivity index (χ2v) is 4.30. The van der Waals surface area contributed by atoms with E-state index in [1.54, 1.807) is 0 Å². The van der Waals surface area contributed by atoms with Gasteiger partial charge in [-0.2, -0.15) is 0 Å². The minimum atomic E-state index is -0.358. The zero-order valence-corrected chi connectivity index (χ0v) is 8.92. The molecule has 1 aliphatic heterocycles. The van der Waals surface area contributed by atoms with Gasteiger partial charge in [-0.15, -0.1) is 10.2 Å². The lowest BCUT2D eigenvalue weighted by Crippen LogP contribution is -2.33. The molecular formula is C8H12N4O2S. The van der Waals surface area contributed by atoms with Crippen LogP contribution in [0.15, 0.2) is 0 Å². The highest BCUT2D eigenvalue weighted by molar-refractivity contribution is 7.18. The van der Waals surface area contributed by atoms with E-state index in [0.717, 1.165) is 30.6 Å². The molecule has 1 aromatic rings. The maximum Gasteiger partial charge on any atom is 0.255 e. The van der Waals surface area contributed by atoms with Crippen LogP contribution < -0.4 is 11.1 Å². The third-order valence-corrected chi connectivity index (χ3v) is 2.81. The Kier molecular flexibility index (Phi) is 3.12. The van der Waals surface area contributed by atoms with E-state index in [1.807, 2.05) is 0 Å². The number of hydrogen-bond acceptors (Lipinski definition) is 6. The first-order valence-corrected chi connectivity index (χ1v) is 5.59. The van der Waals surface area contributed by atoms with Crippen molar-refractivity contribution in [2.24, 2.45) is 0 Å². The van der Waals surface area contributed by atoms with Crippen molar-refractivity contribution in [2.45, 2.75) is 25.4 Å². The zero-order valence-electron chi connectivity index (χ0n) is 8.10. The highest BCUT2D eigenvalue weighted by atomic mass is 32.1. The normalized spacial score (nSPS) is 21.2. The minimum Gasteiger partial charge on any atom is -0.374 e. The molecule has 0 aromatic carbocycles. The van der Waals surface area contributed by atoms with Crippen molar-refractivity contribution in [3.05, 3.63) is 0 Å². The number of hydrogen-bond donors (Lipinski definition) is 2. The summed E-state index contributed by atoms with van der Waals surface area (Å²) in [5.41, 5.74) is 5.40. The number of nitrogen functional groups attached to an aromatic ring is 1. The number of rotatable bonds is 2. The Labute approximate surface area is 90.8 Å². The fraction of sp³-hybridized carbons (Fsp3) is 0.625. The lowest BCUT2D eigenvalue weighted by atomic mass is 10.1. The summed E-state index contributed by atoms with van der Waals surface area (Å²) in [6, 6.07) is 0. The third-order valence-electron chi connectivity index (χ3n) is 2.14. The Morgan fingerprint density at radius 3 is 3.00 bits per heavy atom. The lowest BCUT2D eigenvalue weighted by Gasteiger charge is -2.20. The molecular weight excluding hydrogens is 216 g/mol. The molecule has 3 N–H and O–H groups in total. The van der Waals surface area contributed by atoms with Crippen molar-refractivity contribution in [3.8, 4) is 0 Å². The van der Waals surface area contributed by atoms with Gasteiger partial charge in [0, 0.05) is 6.61 Å². The van der Waals surface area contributed by atoms with Crippen molar-refractivity contribution >= 4 is 27.5 Å². The van der Waals surface area contributed by atoms with E-state index in [-0.39, 0.29) is 12.0 Å². The van der Waals surface area contributed by atoms with Crippen LogP contribution in [0.5, 0.6) is 0 Å². The summed E-state index contributed by atoms with van der Waals surface area (Å²) < 4.78 is 5.33. The van der Waals surface area contributed by atoms with E-state index >= 15 is 0 Å². The van der Waals surface area contributed by atoms with Gasteiger partial charge in [0.15, 0.2) is 0 Å². The molecule has 0 bridgehead atoms. The van der Waals surface area contributed by atoms with Crippen LogP contribution in [0.4, 0.5) is 10.3 Å². The lowest BCUT2D eigenvalue weighted by molar-refractivity contribution is -0.129. The zero-order chi connectivity index (χ0) is 10.7. The summed E-state index contributed by atoms with van der Waals surface area (Å²) in [6.07, 6.45) is 2.45. The molecule has 1 atom stereocenters. The largest absolute Gasteiger partial charge is 0.374 e. The van der Waals surface area contributed by atoms with Crippen molar-refractivity contribution in [2.75, 3.05) is 17.7 Å². The van der Waals surface area contributed by atoms with Gasteiger partial charge >= 0.3 is 0 Å². The fourth-order valence-corrected chi connectivity index (χ4v) is 1.93. The molecule has 7 heteroatoms. The second kappa shape index (κ2) is 4.54. The average molecular weight is 228 g/mol. The van der Waals surface area contributed by atoms with Crippen molar-refractivity contribution in [1.82, 2.24) is 10.2 Å². The third kappa shape index (κ3) is 2.63. The summed E-state index contributed by atoms with van der Waals surface area (Å²) in [7, 11) is 0. The SMILES string of the molecule is Nc1nnc(NC(=O)C2CCCCO2)s1. The van der Waals surface area contributed by atoms with Gasteiger partial charge in [0.1, 0.15) is 6.10 Å². The minimum absolute atomic E-state index is 0.161. The molecule has 0 spiro atoms. The van der Waals surface area contributed by atoms with Gasteiger partial charge in [-0.25, -0.2) is 0 Å². The van der Waals surface area contributed by atoms with E-state index in [0.29, 0.717) is 16.9 Å². The summed E-state index contributed by atoms with van der Waals surface area (Å²) in [5.74, 6) is -0.161. The average Bonchev–Trinajstić information content (AvgIpc) is 2.65. The number of carbonyl (C=O) groups is 1. The molecule has 0 aliphatic carbocycles. The molecule has 1 aromatic heterocycles. The van der Waals surface area contributed by atoms with Gasteiger partial charge in [-0.1, -0.05) is 11.3 Å². The molecule has 2 heterocycles. The smallest absolute Gasteiger partial charge is 0.255 e. The monoisotopic (exact) mass is 228 g/mol. The van der Waals surface area contributed by atoms with Crippen LogP contribution in [0.3, 0.4) is 0 Å². The Bertz CT molecular complexity index is 348. The quantitative estimate of drug-likeness (QED) is 0.774. The number of amides is 1. The molecule has 1 saturated heterocycles. The molecule has 1 unspecified atom stereocenters. The van der Waals surface area contributed by atoms with Crippen LogP contribution in [0.25, 0.3) is 0 Å². The summed E-state index contributed by atoms with van der Waals surface area (Å²) in [5, 5.41) is 10.7. The van der Waals surface area contributed by atoms with Gasteiger partial charge < -0.3 is 10.5 Å². The van der Waals surface area contributed by atoms with Crippen LogP contribution in [0.1, 0.15) is 19.3 Å². The molecule has 82 valence electrons. The van der Waals surface area contributed by atoms with Gasteiger partial charge in [0.05, 0.1) is 0 Å². The number of ether oxygens (including phenoxy) is 1. The molecule has 1 fully saturated rings. The number of nitrogens with zero attached hydrogens (tertiary/aromatic N) is 2. The highest BCUT2D eigenvalue weighted by Crippen LogP contribution is 2.19. The molecule has 0 saturated carbocycles. The summed E-state index contributed by atoms with van der Waals surface area (Å²) in [6.45, 7) is 0.649. The van der Waals surface area contributed by atoms with Gasteiger partial charge in [0.25, 0.3) is 5.91 Å². The second-order valence-electron chi connectivity index (χ2n) is 3.29. The van der Waals surface area contributed by atoms with E-state index < -0.39 is 0 Å². The molecule has 1 amide bonds. The number of anilines is 2. The van der Waals surface area contributed by atoms with Gasteiger partial charge in [-0.05, 0) is 19.3 Å². The molecule has 1 aliphatic rings. The van der Waals surface area contributed by atoms with E-state index in [1.165, 1.54) is 0 Å². The maximum absolute atomic E-state index is 11.6. The fourth-order valence-electron chi connectivity index (χ4n) is 1.42. The van der Waals surface area contributed by atoms with Crippen molar-refractivity contribution in [3.63, 3.8) is 0 Å². The number of carbonyl (C=O) groups excluding carboxylic acids is 1. The van der Waals surface area contributed by atoms with Gasteiger partial charge in [0.2, 0.25) is 10.3 Å². The standard InChI is InChI=1S/C8H12N4O2S/c9-7-11-12-8(15-7)10-6(13)5-3-1-2-4-14-5/h5H,1-4H2,(H2,9,11)(H,10,12,13). The number of nitrogens with one attached hydrogen (secondary N) is 1. The Morgan fingerprint density at radius 2 is 2.40 bits per heavy atom. The van der Waals surface area contributed by atoms with Crippen molar-refractivity contribution < 1.29 is 9.53 Å². The Hall–Kier alpha value is -1.21. The Morgan fingerprint density at radius 1 is 1.53 bits per heavy atom. The summed E-state index contributed by atoms with van der Waals surface area (Å²) >= 11 is 1.15. The Balaban J connectivity index is 1.91. The van der Waals surface area contributed by atoms with E-state index in [4.69, 9.17) is 10.5 Å². The molecule has 6 nitrogen and oxygen atoms in total. The van der Waals surface area contributed by atoms with E-state index in [2.05, 4.69) is 15.5 Å². The topological polar surface area (TPSA) is 90.1 Å². The number of aromatic nitrogens is 2. The predicted molar refractivity (Wildman–Crippen MR) is 56.5 cm³/mol. The van der Waals surface area contributed by atoms with Crippen molar-refractivity contribution in [1.29, 1.82) is 0 Å². The number of nitrogens with two attached hydrogens (primary N) is 1.